The van der Waals surface area contributed by atoms with Crippen LogP contribution in [0.4, 0.5) is 0 Å². The van der Waals surface area contributed by atoms with Crippen LogP contribution in [0.1, 0.15) is 46.0 Å². The molecule has 14 heavy (non-hydrogen) atoms. The van der Waals surface area contributed by atoms with Crippen molar-refractivity contribution in [2.24, 2.45) is 5.92 Å². The summed E-state index contributed by atoms with van der Waals surface area (Å²) in [6.45, 7) is 4.67. The second-order valence-corrected chi connectivity index (χ2v) is 6.15. The molecule has 0 aromatic carbocycles. The van der Waals surface area contributed by atoms with E-state index in [1.807, 2.05) is 0 Å². The molecule has 2 heteroatoms. The summed E-state index contributed by atoms with van der Waals surface area (Å²) in [5.74, 6) is 2.31. The van der Waals surface area contributed by atoms with Gasteiger partial charge in [0.1, 0.15) is 0 Å². The Bertz CT molecular complexity index is 149. The molecule has 0 aromatic heterocycles. The summed E-state index contributed by atoms with van der Waals surface area (Å²) in [6.07, 6.45) is 7.15. The van der Waals surface area contributed by atoms with Gasteiger partial charge in [-0.3, -0.25) is 0 Å². The Hall–Kier alpha value is 0.310. The summed E-state index contributed by atoms with van der Waals surface area (Å²) in [6, 6.07) is 0.684. The van der Waals surface area contributed by atoms with Crippen molar-refractivity contribution >= 4 is 11.8 Å². The molecule has 0 spiro atoms. The number of rotatable bonds is 5. The normalized spacial score (nSPS) is 30.2. The van der Waals surface area contributed by atoms with E-state index in [4.69, 9.17) is 0 Å². The van der Waals surface area contributed by atoms with Gasteiger partial charge in [-0.1, -0.05) is 19.8 Å². The lowest BCUT2D eigenvalue weighted by atomic mass is 9.91. The van der Waals surface area contributed by atoms with E-state index in [0.717, 1.165) is 11.2 Å². The number of nitrogens with one attached hydrogen (secondary N) is 1. The Morgan fingerprint density at radius 1 is 1.43 bits per heavy atom. The van der Waals surface area contributed by atoms with Crippen molar-refractivity contribution in [2.75, 3.05) is 12.8 Å². The fourth-order valence-corrected chi connectivity index (χ4v) is 3.71. The van der Waals surface area contributed by atoms with Gasteiger partial charge in [0, 0.05) is 11.3 Å². The molecule has 0 saturated heterocycles. The highest BCUT2D eigenvalue weighted by Crippen LogP contribution is 2.32. The first kappa shape index (κ1) is 12.4. The fraction of sp³-hybridized carbons (Fsp3) is 1.00. The van der Waals surface area contributed by atoms with Gasteiger partial charge in [0.25, 0.3) is 0 Å². The van der Waals surface area contributed by atoms with E-state index < -0.39 is 0 Å². The first-order chi connectivity index (χ1) is 6.72. The third-order valence-corrected chi connectivity index (χ3v) is 4.66. The molecule has 84 valence electrons. The molecule has 0 bridgehead atoms. The summed E-state index contributed by atoms with van der Waals surface area (Å²) < 4.78 is 0. The molecule has 3 atom stereocenters. The van der Waals surface area contributed by atoms with Crippen molar-refractivity contribution in [3.8, 4) is 0 Å². The van der Waals surface area contributed by atoms with Crippen LogP contribution in [0.3, 0.4) is 0 Å². The van der Waals surface area contributed by atoms with Gasteiger partial charge in [-0.15, -0.1) is 0 Å². The second kappa shape index (κ2) is 6.73. The van der Waals surface area contributed by atoms with Gasteiger partial charge in [-0.25, -0.2) is 0 Å². The Kier molecular flexibility index (Phi) is 5.95. The minimum atomic E-state index is 0.684. The fourth-order valence-electron chi connectivity index (χ4n) is 2.09. The molecular weight excluding hydrogens is 190 g/mol. The molecule has 3 unspecified atom stereocenters. The molecule has 0 aromatic rings. The maximum absolute atomic E-state index is 3.30. The standard InChI is InChI=1S/C12H25NS/c1-10-5-4-6-12(9-10)14-8-7-11(2)13-3/h10-13H,4-9H2,1-3H3. The Labute approximate surface area is 93.4 Å². The van der Waals surface area contributed by atoms with Gasteiger partial charge >= 0.3 is 0 Å². The Balaban J connectivity index is 2.05. The predicted octanol–water partition coefficient (Wildman–Crippen LogP) is 3.30. The molecule has 0 heterocycles. The zero-order valence-electron chi connectivity index (χ0n) is 9.88. The van der Waals surface area contributed by atoms with Crippen LogP contribution in [0, 0.1) is 5.92 Å². The van der Waals surface area contributed by atoms with Crippen LogP contribution in [-0.4, -0.2) is 24.1 Å². The van der Waals surface area contributed by atoms with Gasteiger partial charge in [0.15, 0.2) is 0 Å². The van der Waals surface area contributed by atoms with Gasteiger partial charge < -0.3 is 5.32 Å². The van der Waals surface area contributed by atoms with Crippen LogP contribution in [0.5, 0.6) is 0 Å². The third-order valence-electron chi connectivity index (χ3n) is 3.29. The van der Waals surface area contributed by atoms with Crippen molar-refractivity contribution < 1.29 is 0 Å². The summed E-state index contributed by atoms with van der Waals surface area (Å²) in [7, 11) is 2.05. The second-order valence-electron chi connectivity index (χ2n) is 4.74. The number of hydrogen-bond donors (Lipinski definition) is 1. The summed E-state index contributed by atoms with van der Waals surface area (Å²) in [5, 5.41) is 4.26. The molecule has 1 saturated carbocycles. The Morgan fingerprint density at radius 3 is 2.86 bits per heavy atom. The van der Waals surface area contributed by atoms with Gasteiger partial charge in [0.05, 0.1) is 0 Å². The lowest BCUT2D eigenvalue weighted by Crippen LogP contribution is -2.22. The average molecular weight is 215 g/mol. The van der Waals surface area contributed by atoms with Crippen molar-refractivity contribution in [3.05, 3.63) is 0 Å². The predicted molar refractivity (Wildman–Crippen MR) is 67.0 cm³/mol. The minimum Gasteiger partial charge on any atom is -0.317 e. The molecule has 1 rings (SSSR count). The SMILES string of the molecule is CNC(C)CCSC1CCCC(C)C1. The van der Waals surface area contributed by atoms with Gasteiger partial charge in [0.2, 0.25) is 0 Å². The van der Waals surface area contributed by atoms with Gasteiger partial charge in [-0.2, -0.15) is 11.8 Å². The third kappa shape index (κ3) is 4.70. The maximum Gasteiger partial charge on any atom is 0.00496 e. The maximum atomic E-state index is 3.30. The summed E-state index contributed by atoms with van der Waals surface area (Å²) in [4.78, 5) is 0. The monoisotopic (exact) mass is 215 g/mol. The van der Waals surface area contributed by atoms with E-state index in [1.54, 1.807) is 0 Å². The Morgan fingerprint density at radius 2 is 2.21 bits per heavy atom. The van der Waals surface area contributed by atoms with Crippen LogP contribution in [0.2, 0.25) is 0 Å². The molecule has 1 nitrogen and oxygen atoms in total. The highest BCUT2D eigenvalue weighted by molar-refractivity contribution is 7.99. The summed E-state index contributed by atoms with van der Waals surface area (Å²) >= 11 is 2.20. The molecule has 0 amide bonds. The smallest absolute Gasteiger partial charge is 0.00496 e. The first-order valence-corrected chi connectivity index (χ1v) is 7.06. The molecule has 0 radical (unpaired) electrons. The number of hydrogen-bond acceptors (Lipinski definition) is 2. The molecule has 1 aliphatic carbocycles. The quantitative estimate of drug-likeness (QED) is 0.755. The van der Waals surface area contributed by atoms with Crippen molar-refractivity contribution in [2.45, 2.75) is 57.2 Å². The largest absolute Gasteiger partial charge is 0.317 e. The van der Waals surface area contributed by atoms with E-state index in [1.165, 1.54) is 37.9 Å². The molecule has 0 aliphatic heterocycles. The topological polar surface area (TPSA) is 12.0 Å². The zero-order chi connectivity index (χ0) is 10.4. The van der Waals surface area contributed by atoms with Crippen LogP contribution in [-0.2, 0) is 0 Å². The van der Waals surface area contributed by atoms with Gasteiger partial charge in [-0.05, 0) is 44.9 Å². The lowest BCUT2D eigenvalue weighted by Gasteiger charge is -2.26. The van der Waals surface area contributed by atoms with Crippen LogP contribution >= 0.6 is 11.8 Å². The lowest BCUT2D eigenvalue weighted by molar-refractivity contribution is 0.394. The molecule has 1 fully saturated rings. The van der Waals surface area contributed by atoms with Crippen LogP contribution in [0.15, 0.2) is 0 Å². The highest BCUT2D eigenvalue weighted by atomic mass is 32.2. The van der Waals surface area contributed by atoms with Crippen LogP contribution < -0.4 is 5.32 Å². The average Bonchev–Trinajstić information content (AvgIpc) is 2.17. The molecule has 1 N–H and O–H groups in total. The number of thioether (sulfide) groups is 1. The van der Waals surface area contributed by atoms with E-state index in [-0.39, 0.29) is 0 Å². The molecular formula is C12H25NS. The first-order valence-electron chi connectivity index (χ1n) is 6.01. The highest BCUT2D eigenvalue weighted by Gasteiger charge is 2.18. The summed E-state index contributed by atoms with van der Waals surface area (Å²) in [5.41, 5.74) is 0. The molecule has 1 aliphatic rings. The van der Waals surface area contributed by atoms with Crippen LogP contribution in [0.25, 0.3) is 0 Å². The van der Waals surface area contributed by atoms with Crippen molar-refractivity contribution in [1.82, 2.24) is 5.32 Å². The van der Waals surface area contributed by atoms with E-state index in [0.29, 0.717) is 6.04 Å². The van der Waals surface area contributed by atoms with Crippen molar-refractivity contribution in [1.29, 1.82) is 0 Å². The minimum absolute atomic E-state index is 0.684. The van der Waals surface area contributed by atoms with Crippen molar-refractivity contribution in [3.63, 3.8) is 0 Å². The van der Waals surface area contributed by atoms with E-state index >= 15 is 0 Å². The van der Waals surface area contributed by atoms with E-state index in [9.17, 15) is 0 Å². The zero-order valence-corrected chi connectivity index (χ0v) is 10.7. The van der Waals surface area contributed by atoms with E-state index in [2.05, 4.69) is 38.0 Å².